The topological polar surface area (TPSA) is 25.2 Å². The maximum Gasteiger partial charge on any atom is 0.135 e. The number of nitrogens with one attached hydrogen (secondary N) is 1. The first-order chi connectivity index (χ1) is 12.9. The number of furan rings is 1. The van der Waals surface area contributed by atoms with Gasteiger partial charge in [-0.1, -0.05) is 54.6 Å². The third kappa shape index (κ3) is 2.62. The molecule has 0 saturated heterocycles. The molecule has 4 aromatic carbocycles. The molecule has 0 aliphatic carbocycles. The molecular weight excluding hydrogens is 318 g/mol. The summed E-state index contributed by atoms with van der Waals surface area (Å²) >= 11 is 0. The molecule has 0 bridgehead atoms. The lowest BCUT2D eigenvalue weighted by molar-refractivity contribution is 0.669. The fraction of sp³-hybridized carbons (Fsp3) is 0. The van der Waals surface area contributed by atoms with Gasteiger partial charge in [-0.05, 0) is 53.6 Å². The molecule has 0 saturated carbocycles. The summed E-state index contributed by atoms with van der Waals surface area (Å²) in [6.45, 7) is 0. The van der Waals surface area contributed by atoms with Gasteiger partial charge in [0.05, 0.1) is 0 Å². The molecule has 0 aliphatic heterocycles. The van der Waals surface area contributed by atoms with Crippen LogP contribution in [0.4, 0.5) is 11.4 Å². The fourth-order valence-corrected chi connectivity index (χ4v) is 3.37. The van der Waals surface area contributed by atoms with E-state index in [-0.39, 0.29) is 0 Å². The zero-order valence-corrected chi connectivity index (χ0v) is 14.1. The van der Waals surface area contributed by atoms with Crippen LogP contribution in [0.1, 0.15) is 0 Å². The number of anilines is 2. The van der Waals surface area contributed by atoms with Crippen LogP contribution >= 0.6 is 0 Å². The van der Waals surface area contributed by atoms with Crippen LogP contribution in [0.5, 0.6) is 0 Å². The van der Waals surface area contributed by atoms with Crippen molar-refractivity contribution in [3.63, 3.8) is 0 Å². The zero-order chi connectivity index (χ0) is 17.3. The molecular formula is C24H17NO. The predicted octanol–water partition coefficient (Wildman–Crippen LogP) is 7.00. The number of rotatable bonds is 3. The van der Waals surface area contributed by atoms with Gasteiger partial charge in [-0.2, -0.15) is 0 Å². The van der Waals surface area contributed by atoms with E-state index in [1.807, 2.05) is 36.4 Å². The maximum absolute atomic E-state index is 5.93. The third-order valence-electron chi connectivity index (χ3n) is 4.64. The molecule has 5 rings (SSSR count). The summed E-state index contributed by atoms with van der Waals surface area (Å²) in [5.41, 5.74) is 6.37. The van der Waals surface area contributed by atoms with E-state index in [1.54, 1.807) is 0 Å². The van der Waals surface area contributed by atoms with Gasteiger partial charge >= 0.3 is 0 Å². The largest absolute Gasteiger partial charge is 0.456 e. The minimum absolute atomic E-state index is 0.925. The van der Waals surface area contributed by atoms with Crippen molar-refractivity contribution in [3.05, 3.63) is 97.1 Å². The van der Waals surface area contributed by atoms with Crippen molar-refractivity contribution in [2.24, 2.45) is 0 Å². The average molecular weight is 335 g/mol. The molecule has 0 aliphatic rings. The Bertz CT molecular complexity index is 1200. The highest BCUT2D eigenvalue weighted by atomic mass is 16.3. The standard InChI is InChI=1S/C24H17NO/c1-2-8-19(9-3-1)25-20-10-6-7-17(15-20)18-13-14-24-22(16-18)21-11-4-5-12-23(21)26-24/h1-16,25H. The SMILES string of the molecule is c1ccc(Nc2cccc(-c3ccc4oc5ccccc5c4c3)c2)cc1. The van der Waals surface area contributed by atoms with Gasteiger partial charge in [0.15, 0.2) is 0 Å². The van der Waals surface area contributed by atoms with Crippen molar-refractivity contribution in [1.82, 2.24) is 0 Å². The summed E-state index contributed by atoms with van der Waals surface area (Å²) in [6, 6.07) is 33.3. The highest BCUT2D eigenvalue weighted by molar-refractivity contribution is 6.06. The molecule has 1 aromatic heterocycles. The van der Waals surface area contributed by atoms with E-state index in [9.17, 15) is 0 Å². The van der Waals surface area contributed by atoms with E-state index in [1.165, 1.54) is 11.1 Å². The average Bonchev–Trinajstić information content (AvgIpc) is 3.07. The summed E-state index contributed by atoms with van der Waals surface area (Å²) in [6.07, 6.45) is 0. The molecule has 2 heteroatoms. The molecule has 0 spiro atoms. The molecule has 0 amide bonds. The number of para-hydroxylation sites is 2. The van der Waals surface area contributed by atoms with Crippen molar-refractivity contribution < 1.29 is 4.42 Å². The number of benzene rings is 4. The summed E-state index contributed by atoms with van der Waals surface area (Å²) in [5, 5.41) is 5.77. The van der Waals surface area contributed by atoms with Gasteiger partial charge in [-0.25, -0.2) is 0 Å². The second-order valence-electron chi connectivity index (χ2n) is 6.38. The summed E-state index contributed by atoms with van der Waals surface area (Å²) < 4.78 is 5.93. The van der Waals surface area contributed by atoms with Crippen molar-refractivity contribution in [3.8, 4) is 11.1 Å². The van der Waals surface area contributed by atoms with E-state index in [0.717, 1.165) is 33.3 Å². The molecule has 124 valence electrons. The molecule has 0 radical (unpaired) electrons. The lowest BCUT2D eigenvalue weighted by Gasteiger charge is -2.09. The molecule has 1 heterocycles. The quantitative estimate of drug-likeness (QED) is 0.384. The van der Waals surface area contributed by atoms with E-state index < -0.39 is 0 Å². The molecule has 0 unspecified atom stereocenters. The van der Waals surface area contributed by atoms with Crippen molar-refractivity contribution >= 4 is 33.3 Å². The van der Waals surface area contributed by atoms with Crippen LogP contribution < -0.4 is 5.32 Å². The van der Waals surface area contributed by atoms with Crippen LogP contribution in [0.25, 0.3) is 33.1 Å². The molecule has 0 atom stereocenters. The number of hydrogen-bond donors (Lipinski definition) is 1. The van der Waals surface area contributed by atoms with Crippen LogP contribution in [0.3, 0.4) is 0 Å². The predicted molar refractivity (Wildman–Crippen MR) is 109 cm³/mol. The molecule has 5 aromatic rings. The van der Waals surface area contributed by atoms with Crippen molar-refractivity contribution in [1.29, 1.82) is 0 Å². The van der Waals surface area contributed by atoms with Crippen molar-refractivity contribution in [2.45, 2.75) is 0 Å². The van der Waals surface area contributed by atoms with E-state index in [0.29, 0.717) is 0 Å². The summed E-state index contributed by atoms with van der Waals surface area (Å²) in [5.74, 6) is 0. The van der Waals surface area contributed by atoms with Crippen LogP contribution in [0.15, 0.2) is 101 Å². The van der Waals surface area contributed by atoms with Gasteiger partial charge in [-0.15, -0.1) is 0 Å². The van der Waals surface area contributed by atoms with Gasteiger partial charge in [0.2, 0.25) is 0 Å². The van der Waals surface area contributed by atoms with Gasteiger partial charge in [-0.3, -0.25) is 0 Å². The highest BCUT2D eigenvalue weighted by Crippen LogP contribution is 2.33. The first-order valence-electron chi connectivity index (χ1n) is 8.71. The Labute approximate surface area is 151 Å². The first kappa shape index (κ1) is 14.8. The van der Waals surface area contributed by atoms with Crippen LogP contribution in [-0.2, 0) is 0 Å². The fourth-order valence-electron chi connectivity index (χ4n) is 3.37. The van der Waals surface area contributed by atoms with Crippen LogP contribution in [0.2, 0.25) is 0 Å². The Kier molecular flexibility index (Phi) is 3.46. The molecule has 1 N–H and O–H groups in total. The Morgan fingerprint density at radius 2 is 1.23 bits per heavy atom. The summed E-state index contributed by atoms with van der Waals surface area (Å²) in [7, 11) is 0. The van der Waals surface area contributed by atoms with Gasteiger partial charge in [0.1, 0.15) is 11.2 Å². The Hall–Kier alpha value is -3.52. The normalized spacial score (nSPS) is 11.1. The number of fused-ring (bicyclic) bond motifs is 3. The van der Waals surface area contributed by atoms with E-state index in [4.69, 9.17) is 4.42 Å². The first-order valence-corrected chi connectivity index (χ1v) is 8.71. The Balaban J connectivity index is 1.57. The lowest BCUT2D eigenvalue weighted by atomic mass is 10.0. The van der Waals surface area contributed by atoms with E-state index in [2.05, 4.69) is 66.0 Å². The minimum Gasteiger partial charge on any atom is -0.456 e. The lowest BCUT2D eigenvalue weighted by Crippen LogP contribution is -1.90. The number of hydrogen-bond acceptors (Lipinski definition) is 2. The third-order valence-corrected chi connectivity index (χ3v) is 4.64. The molecule has 2 nitrogen and oxygen atoms in total. The Morgan fingerprint density at radius 3 is 2.15 bits per heavy atom. The monoisotopic (exact) mass is 335 g/mol. The smallest absolute Gasteiger partial charge is 0.135 e. The van der Waals surface area contributed by atoms with Crippen LogP contribution in [-0.4, -0.2) is 0 Å². The maximum atomic E-state index is 5.93. The van der Waals surface area contributed by atoms with Crippen LogP contribution in [0, 0.1) is 0 Å². The zero-order valence-electron chi connectivity index (χ0n) is 14.1. The van der Waals surface area contributed by atoms with Gasteiger partial charge < -0.3 is 9.73 Å². The van der Waals surface area contributed by atoms with Gasteiger partial charge in [0, 0.05) is 22.1 Å². The van der Waals surface area contributed by atoms with Gasteiger partial charge in [0.25, 0.3) is 0 Å². The molecule has 26 heavy (non-hydrogen) atoms. The molecule has 0 fully saturated rings. The Morgan fingerprint density at radius 1 is 0.500 bits per heavy atom. The van der Waals surface area contributed by atoms with Crippen molar-refractivity contribution in [2.75, 3.05) is 5.32 Å². The summed E-state index contributed by atoms with van der Waals surface area (Å²) in [4.78, 5) is 0. The second kappa shape index (κ2) is 6.08. The van der Waals surface area contributed by atoms with E-state index >= 15 is 0 Å². The second-order valence-corrected chi connectivity index (χ2v) is 6.38. The highest BCUT2D eigenvalue weighted by Gasteiger charge is 2.08. The minimum atomic E-state index is 0.925.